The highest BCUT2D eigenvalue weighted by atomic mass is 127. The molecule has 3 rings (SSSR count). The molecule has 1 aliphatic heterocycles. The number of aromatic nitrogens is 1. The van der Waals surface area contributed by atoms with Gasteiger partial charge >= 0.3 is 0 Å². The van der Waals surface area contributed by atoms with Crippen LogP contribution in [0.5, 0.6) is 0 Å². The van der Waals surface area contributed by atoms with Gasteiger partial charge in [0.15, 0.2) is 5.96 Å². The standard InChI is InChI=1S/C19H26N4O.HI/c1-14-5-7-15(8-6-14)17-22-16(12-24-17)11-21-18(20-4)23-10-9-19(2,3)13-23;/h5-8,12H,9-11,13H2,1-4H3,(H,20,21);1H. The summed E-state index contributed by atoms with van der Waals surface area (Å²) in [6, 6.07) is 8.19. The minimum absolute atomic E-state index is 0. The maximum Gasteiger partial charge on any atom is 0.226 e. The highest BCUT2D eigenvalue weighted by molar-refractivity contribution is 14.0. The molecule has 0 saturated carbocycles. The molecule has 25 heavy (non-hydrogen) atoms. The molecular formula is C19H27IN4O. The van der Waals surface area contributed by atoms with Gasteiger partial charge in [0.25, 0.3) is 0 Å². The smallest absolute Gasteiger partial charge is 0.226 e. The summed E-state index contributed by atoms with van der Waals surface area (Å²) in [5.41, 5.74) is 3.46. The summed E-state index contributed by atoms with van der Waals surface area (Å²) >= 11 is 0. The highest BCUT2D eigenvalue weighted by Gasteiger charge is 2.30. The second kappa shape index (κ2) is 8.21. The van der Waals surface area contributed by atoms with Crippen LogP contribution in [0.1, 0.15) is 31.5 Å². The van der Waals surface area contributed by atoms with E-state index in [1.807, 2.05) is 19.2 Å². The Morgan fingerprint density at radius 1 is 1.32 bits per heavy atom. The van der Waals surface area contributed by atoms with E-state index < -0.39 is 0 Å². The third kappa shape index (κ3) is 4.96. The molecule has 5 nitrogen and oxygen atoms in total. The highest BCUT2D eigenvalue weighted by Crippen LogP contribution is 2.28. The van der Waals surface area contributed by atoms with Crippen LogP contribution in [0.25, 0.3) is 11.5 Å². The monoisotopic (exact) mass is 454 g/mol. The van der Waals surface area contributed by atoms with Crippen LogP contribution in [0.15, 0.2) is 39.9 Å². The molecule has 0 unspecified atom stereocenters. The first-order valence-electron chi connectivity index (χ1n) is 8.44. The van der Waals surface area contributed by atoms with E-state index >= 15 is 0 Å². The number of nitrogens with zero attached hydrogens (tertiary/aromatic N) is 3. The van der Waals surface area contributed by atoms with Crippen molar-refractivity contribution in [2.24, 2.45) is 10.4 Å². The lowest BCUT2D eigenvalue weighted by Crippen LogP contribution is -2.40. The van der Waals surface area contributed by atoms with Crippen molar-refractivity contribution < 1.29 is 4.42 Å². The lowest BCUT2D eigenvalue weighted by atomic mass is 9.93. The van der Waals surface area contributed by atoms with Gasteiger partial charge < -0.3 is 14.6 Å². The van der Waals surface area contributed by atoms with Crippen molar-refractivity contribution in [3.05, 3.63) is 41.8 Å². The summed E-state index contributed by atoms with van der Waals surface area (Å²) in [5.74, 6) is 1.59. The van der Waals surface area contributed by atoms with Crippen molar-refractivity contribution in [3.63, 3.8) is 0 Å². The lowest BCUT2D eigenvalue weighted by molar-refractivity contribution is 0.370. The van der Waals surface area contributed by atoms with Gasteiger partial charge in [-0.25, -0.2) is 4.98 Å². The Morgan fingerprint density at radius 3 is 2.64 bits per heavy atom. The fraction of sp³-hybridized carbons (Fsp3) is 0.474. The summed E-state index contributed by atoms with van der Waals surface area (Å²) in [7, 11) is 1.83. The van der Waals surface area contributed by atoms with Crippen molar-refractivity contribution in [2.45, 2.75) is 33.7 Å². The van der Waals surface area contributed by atoms with Crippen molar-refractivity contribution in [1.82, 2.24) is 15.2 Å². The Kier molecular flexibility index (Phi) is 6.48. The van der Waals surface area contributed by atoms with Gasteiger partial charge in [0, 0.05) is 25.7 Å². The lowest BCUT2D eigenvalue weighted by Gasteiger charge is -2.23. The average molecular weight is 454 g/mol. The first kappa shape index (κ1) is 19.8. The summed E-state index contributed by atoms with van der Waals surface area (Å²) in [5, 5.41) is 3.39. The summed E-state index contributed by atoms with van der Waals surface area (Å²) < 4.78 is 5.61. The molecule has 1 aliphatic rings. The van der Waals surface area contributed by atoms with E-state index in [1.165, 1.54) is 12.0 Å². The number of rotatable bonds is 3. The van der Waals surface area contributed by atoms with Gasteiger partial charge in [-0.3, -0.25) is 4.99 Å². The number of nitrogens with one attached hydrogen (secondary N) is 1. The van der Waals surface area contributed by atoms with Gasteiger partial charge in [-0.2, -0.15) is 0 Å². The molecule has 1 saturated heterocycles. The second-order valence-corrected chi connectivity index (χ2v) is 7.25. The zero-order chi connectivity index (χ0) is 17.2. The number of hydrogen-bond donors (Lipinski definition) is 1. The van der Waals surface area contributed by atoms with Crippen molar-refractivity contribution in [2.75, 3.05) is 20.1 Å². The minimum Gasteiger partial charge on any atom is -0.444 e. The number of oxazole rings is 1. The molecule has 0 bridgehead atoms. The van der Waals surface area contributed by atoms with Crippen LogP contribution in [0.4, 0.5) is 0 Å². The Labute approximate surface area is 166 Å². The molecule has 0 radical (unpaired) electrons. The maximum absolute atomic E-state index is 5.61. The predicted octanol–water partition coefficient (Wildman–Crippen LogP) is 4.08. The first-order chi connectivity index (χ1) is 11.5. The molecule has 0 amide bonds. The number of guanidine groups is 1. The number of benzene rings is 1. The summed E-state index contributed by atoms with van der Waals surface area (Å²) in [6.07, 6.45) is 2.90. The fourth-order valence-corrected chi connectivity index (χ4v) is 3.01. The van der Waals surface area contributed by atoms with Crippen molar-refractivity contribution in [1.29, 1.82) is 0 Å². The summed E-state index contributed by atoms with van der Waals surface area (Å²) in [6.45, 7) is 9.34. The molecule has 2 aromatic rings. The van der Waals surface area contributed by atoms with Gasteiger partial charge in [0.05, 0.1) is 12.2 Å². The van der Waals surface area contributed by atoms with Crippen LogP contribution in [0.2, 0.25) is 0 Å². The molecule has 2 heterocycles. The van der Waals surface area contributed by atoms with Crippen molar-refractivity contribution >= 4 is 29.9 Å². The zero-order valence-corrected chi connectivity index (χ0v) is 17.7. The topological polar surface area (TPSA) is 53.7 Å². The Balaban J connectivity index is 0.00000225. The van der Waals surface area contributed by atoms with Crippen LogP contribution in [-0.4, -0.2) is 36.0 Å². The Morgan fingerprint density at radius 2 is 2.04 bits per heavy atom. The van der Waals surface area contributed by atoms with Crippen LogP contribution >= 0.6 is 24.0 Å². The van der Waals surface area contributed by atoms with E-state index in [9.17, 15) is 0 Å². The molecule has 1 aromatic carbocycles. The predicted molar refractivity (Wildman–Crippen MR) is 112 cm³/mol. The Bertz CT molecular complexity index is 721. The molecule has 0 aliphatic carbocycles. The van der Waals surface area contributed by atoms with Crippen LogP contribution in [-0.2, 0) is 6.54 Å². The largest absolute Gasteiger partial charge is 0.444 e. The van der Waals surface area contributed by atoms with Gasteiger partial charge in [0.1, 0.15) is 6.26 Å². The number of likely N-dealkylation sites (tertiary alicyclic amines) is 1. The number of hydrogen-bond acceptors (Lipinski definition) is 3. The third-order valence-electron chi connectivity index (χ3n) is 4.47. The number of aryl methyl sites for hydroxylation is 1. The second-order valence-electron chi connectivity index (χ2n) is 7.25. The third-order valence-corrected chi connectivity index (χ3v) is 4.47. The van der Waals surface area contributed by atoms with Crippen LogP contribution in [0.3, 0.4) is 0 Å². The van der Waals surface area contributed by atoms with Crippen LogP contribution in [0, 0.1) is 12.3 Å². The molecule has 0 spiro atoms. The number of halogens is 1. The normalized spacial score (nSPS) is 16.6. The van der Waals surface area contributed by atoms with E-state index in [4.69, 9.17) is 4.42 Å². The van der Waals surface area contributed by atoms with Gasteiger partial charge in [0.2, 0.25) is 5.89 Å². The molecule has 1 N–H and O–H groups in total. The molecular weight excluding hydrogens is 427 g/mol. The minimum atomic E-state index is 0. The SMILES string of the molecule is CN=C(NCc1coc(-c2ccc(C)cc2)n1)N1CCC(C)(C)C1.I. The van der Waals surface area contributed by atoms with E-state index in [1.54, 1.807) is 6.26 Å². The van der Waals surface area contributed by atoms with E-state index in [0.29, 0.717) is 17.9 Å². The summed E-state index contributed by atoms with van der Waals surface area (Å²) in [4.78, 5) is 11.3. The molecule has 0 atom stereocenters. The average Bonchev–Trinajstić information content (AvgIpc) is 3.15. The quantitative estimate of drug-likeness (QED) is 0.432. The fourth-order valence-electron chi connectivity index (χ4n) is 3.01. The molecule has 1 aromatic heterocycles. The van der Waals surface area contributed by atoms with Gasteiger partial charge in [-0.15, -0.1) is 24.0 Å². The van der Waals surface area contributed by atoms with E-state index in [0.717, 1.165) is 30.3 Å². The molecule has 6 heteroatoms. The Hall–Kier alpha value is -1.57. The van der Waals surface area contributed by atoms with Gasteiger partial charge in [-0.1, -0.05) is 31.5 Å². The number of aliphatic imine (C=N–C) groups is 1. The molecule has 1 fully saturated rings. The van der Waals surface area contributed by atoms with E-state index in [-0.39, 0.29) is 24.0 Å². The van der Waals surface area contributed by atoms with E-state index in [2.05, 4.69) is 53.1 Å². The van der Waals surface area contributed by atoms with Crippen LogP contribution < -0.4 is 5.32 Å². The zero-order valence-electron chi connectivity index (χ0n) is 15.4. The van der Waals surface area contributed by atoms with Crippen molar-refractivity contribution in [3.8, 4) is 11.5 Å². The first-order valence-corrected chi connectivity index (χ1v) is 8.44. The molecule has 136 valence electrons. The maximum atomic E-state index is 5.61. The van der Waals surface area contributed by atoms with Gasteiger partial charge in [-0.05, 0) is 30.9 Å².